The van der Waals surface area contributed by atoms with Gasteiger partial charge in [0, 0.05) is 0 Å². The highest BCUT2D eigenvalue weighted by molar-refractivity contribution is 9.10. The molecule has 2 aromatic rings. The molecule has 1 heterocycles. The highest BCUT2D eigenvalue weighted by Crippen LogP contribution is 2.35. The van der Waals surface area contributed by atoms with Crippen molar-refractivity contribution in [2.75, 3.05) is 0 Å². The summed E-state index contributed by atoms with van der Waals surface area (Å²) in [6.45, 7) is 0. The van der Waals surface area contributed by atoms with Crippen molar-refractivity contribution in [3.05, 3.63) is 46.4 Å². The number of nitrogens with zero attached hydrogens (tertiary/aromatic N) is 2. The average molecular weight is 309 g/mol. The van der Waals surface area contributed by atoms with Gasteiger partial charge >= 0.3 is 6.18 Å². The van der Waals surface area contributed by atoms with Crippen molar-refractivity contribution < 1.29 is 17.6 Å². The standard InChI is InChI=1S/C10H5BrF4N2/c11-8-5-16-17(9(8)10(13,14)15)7-3-1-2-6(12)4-7/h1-5H. The van der Waals surface area contributed by atoms with Gasteiger partial charge in [-0.3, -0.25) is 0 Å². The SMILES string of the molecule is Fc1cccc(-n2ncc(Br)c2C(F)(F)F)c1. The molecule has 1 aromatic carbocycles. The number of halogens is 5. The van der Waals surface area contributed by atoms with Crippen molar-refractivity contribution in [2.24, 2.45) is 0 Å². The molecule has 0 N–H and O–H groups in total. The van der Waals surface area contributed by atoms with Gasteiger partial charge in [0.1, 0.15) is 5.82 Å². The molecule has 0 saturated carbocycles. The zero-order valence-electron chi connectivity index (χ0n) is 8.17. The zero-order chi connectivity index (χ0) is 12.6. The third kappa shape index (κ3) is 2.33. The van der Waals surface area contributed by atoms with Crippen LogP contribution in [0.2, 0.25) is 0 Å². The molecule has 0 aliphatic heterocycles. The molecule has 0 radical (unpaired) electrons. The second-order valence-electron chi connectivity index (χ2n) is 3.23. The maximum absolute atomic E-state index is 13.0. The molecule has 0 aliphatic rings. The van der Waals surface area contributed by atoms with Crippen LogP contribution < -0.4 is 0 Å². The molecule has 0 unspecified atom stereocenters. The summed E-state index contributed by atoms with van der Waals surface area (Å²) in [7, 11) is 0. The largest absolute Gasteiger partial charge is 0.434 e. The van der Waals surface area contributed by atoms with Gasteiger partial charge in [0.15, 0.2) is 5.69 Å². The Bertz CT molecular complexity index is 547. The quantitative estimate of drug-likeness (QED) is 0.733. The van der Waals surface area contributed by atoms with Gasteiger partial charge in [0.05, 0.1) is 16.4 Å². The fraction of sp³-hybridized carbons (Fsp3) is 0.100. The van der Waals surface area contributed by atoms with Crippen molar-refractivity contribution in [3.8, 4) is 5.69 Å². The Balaban J connectivity index is 2.61. The Labute approximate surface area is 102 Å². The van der Waals surface area contributed by atoms with Gasteiger partial charge < -0.3 is 0 Å². The highest BCUT2D eigenvalue weighted by atomic mass is 79.9. The third-order valence-electron chi connectivity index (χ3n) is 2.05. The molecule has 2 nitrogen and oxygen atoms in total. The molecule has 2 rings (SSSR count). The molecule has 0 aliphatic carbocycles. The topological polar surface area (TPSA) is 17.8 Å². The molecule has 17 heavy (non-hydrogen) atoms. The summed E-state index contributed by atoms with van der Waals surface area (Å²) in [5.41, 5.74) is -0.953. The molecular weight excluding hydrogens is 304 g/mol. The maximum Gasteiger partial charge on any atom is 0.434 e. The van der Waals surface area contributed by atoms with Gasteiger partial charge in [-0.2, -0.15) is 18.3 Å². The van der Waals surface area contributed by atoms with Crippen molar-refractivity contribution in [1.29, 1.82) is 0 Å². The lowest BCUT2D eigenvalue weighted by molar-refractivity contribution is -0.143. The van der Waals surface area contributed by atoms with E-state index in [1.54, 1.807) is 0 Å². The van der Waals surface area contributed by atoms with Crippen LogP contribution in [0.3, 0.4) is 0 Å². The van der Waals surface area contributed by atoms with E-state index in [2.05, 4.69) is 21.0 Å². The first-order chi connectivity index (χ1) is 7.89. The van der Waals surface area contributed by atoms with Crippen molar-refractivity contribution in [2.45, 2.75) is 6.18 Å². The molecule has 0 bridgehead atoms. The Morgan fingerprint density at radius 3 is 2.53 bits per heavy atom. The molecule has 0 saturated heterocycles. The van der Waals surface area contributed by atoms with Crippen molar-refractivity contribution >= 4 is 15.9 Å². The fourth-order valence-corrected chi connectivity index (χ4v) is 1.87. The molecule has 1 aromatic heterocycles. The lowest BCUT2D eigenvalue weighted by atomic mass is 10.3. The van der Waals surface area contributed by atoms with Crippen LogP contribution in [-0.4, -0.2) is 9.78 Å². The number of hydrogen-bond donors (Lipinski definition) is 0. The summed E-state index contributed by atoms with van der Waals surface area (Å²) in [5.74, 6) is -0.623. The predicted octanol–water partition coefficient (Wildman–Crippen LogP) is 3.79. The van der Waals surface area contributed by atoms with Gasteiger partial charge in [-0.25, -0.2) is 9.07 Å². The first kappa shape index (κ1) is 12.1. The molecule has 7 heteroatoms. The van der Waals surface area contributed by atoms with E-state index < -0.39 is 17.7 Å². The first-order valence-electron chi connectivity index (χ1n) is 4.46. The van der Waals surface area contributed by atoms with E-state index in [4.69, 9.17) is 0 Å². The van der Waals surface area contributed by atoms with E-state index in [1.807, 2.05) is 0 Å². The molecule has 0 fully saturated rings. The van der Waals surface area contributed by atoms with Gasteiger partial charge in [-0.15, -0.1) is 0 Å². The second kappa shape index (κ2) is 4.14. The Kier molecular flexibility index (Phi) is 2.94. The minimum Gasteiger partial charge on any atom is -0.227 e. The van der Waals surface area contributed by atoms with E-state index in [-0.39, 0.29) is 10.2 Å². The average Bonchev–Trinajstić information content (AvgIpc) is 2.59. The summed E-state index contributed by atoms with van der Waals surface area (Å²) >= 11 is 2.77. The van der Waals surface area contributed by atoms with E-state index in [0.29, 0.717) is 4.68 Å². The van der Waals surface area contributed by atoms with E-state index in [9.17, 15) is 17.6 Å². The summed E-state index contributed by atoms with van der Waals surface area (Å²) in [6, 6.07) is 4.79. The van der Waals surface area contributed by atoms with Crippen LogP contribution >= 0.6 is 15.9 Å². The zero-order valence-corrected chi connectivity index (χ0v) is 9.76. The first-order valence-corrected chi connectivity index (χ1v) is 5.25. The summed E-state index contributed by atoms with van der Waals surface area (Å²) in [5, 5.41) is 3.58. The normalized spacial score (nSPS) is 11.8. The highest BCUT2D eigenvalue weighted by Gasteiger charge is 2.38. The van der Waals surface area contributed by atoms with Crippen LogP contribution in [0, 0.1) is 5.82 Å². The minimum absolute atomic E-state index is 0.0167. The van der Waals surface area contributed by atoms with E-state index in [0.717, 1.165) is 18.3 Å². The summed E-state index contributed by atoms with van der Waals surface area (Å²) in [4.78, 5) is 0. The lowest BCUT2D eigenvalue weighted by Gasteiger charge is -2.10. The minimum atomic E-state index is -4.57. The van der Waals surface area contributed by atoms with Crippen LogP contribution in [0.25, 0.3) is 5.69 Å². The smallest absolute Gasteiger partial charge is 0.227 e. The van der Waals surface area contributed by atoms with Gasteiger partial charge in [0.25, 0.3) is 0 Å². The van der Waals surface area contributed by atoms with Crippen LogP contribution in [0.5, 0.6) is 0 Å². The molecule has 0 amide bonds. The number of rotatable bonds is 1. The van der Waals surface area contributed by atoms with Gasteiger partial charge in [-0.1, -0.05) is 6.07 Å². The predicted molar refractivity (Wildman–Crippen MR) is 56.2 cm³/mol. The van der Waals surface area contributed by atoms with Gasteiger partial charge in [0.2, 0.25) is 0 Å². The summed E-state index contributed by atoms with van der Waals surface area (Å²) < 4.78 is 51.6. The molecule has 0 spiro atoms. The van der Waals surface area contributed by atoms with Crippen molar-refractivity contribution in [3.63, 3.8) is 0 Å². The fourth-order valence-electron chi connectivity index (χ4n) is 1.39. The van der Waals surface area contributed by atoms with Crippen molar-refractivity contribution in [1.82, 2.24) is 9.78 Å². The number of benzene rings is 1. The van der Waals surface area contributed by atoms with Gasteiger partial charge in [-0.05, 0) is 34.1 Å². The maximum atomic E-state index is 13.0. The third-order valence-corrected chi connectivity index (χ3v) is 2.63. The molecular formula is C10H5BrF4N2. The van der Waals surface area contributed by atoms with Crippen LogP contribution in [-0.2, 0) is 6.18 Å². The van der Waals surface area contributed by atoms with Crippen LogP contribution in [0.15, 0.2) is 34.9 Å². The Morgan fingerprint density at radius 2 is 1.94 bits per heavy atom. The van der Waals surface area contributed by atoms with Crippen LogP contribution in [0.4, 0.5) is 17.6 Å². The monoisotopic (exact) mass is 308 g/mol. The molecule has 90 valence electrons. The number of alkyl halides is 3. The molecule has 0 atom stereocenters. The lowest BCUT2D eigenvalue weighted by Crippen LogP contribution is -2.14. The number of aromatic nitrogens is 2. The van der Waals surface area contributed by atoms with E-state index >= 15 is 0 Å². The number of hydrogen-bond acceptors (Lipinski definition) is 1. The Hall–Kier alpha value is -1.37. The van der Waals surface area contributed by atoms with Crippen LogP contribution in [0.1, 0.15) is 5.69 Å². The Morgan fingerprint density at radius 1 is 1.24 bits per heavy atom. The summed E-state index contributed by atoms with van der Waals surface area (Å²) in [6.07, 6.45) is -3.55. The van der Waals surface area contributed by atoms with E-state index in [1.165, 1.54) is 12.1 Å². The second-order valence-corrected chi connectivity index (χ2v) is 4.08.